The number of hydrogen-bond acceptors (Lipinski definition) is 3. The first-order chi connectivity index (χ1) is 14.3. The molecule has 0 radical (unpaired) electrons. The van der Waals surface area contributed by atoms with E-state index in [4.69, 9.17) is 12.2 Å². The Hall–Kier alpha value is -2.62. The van der Waals surface area contributed by atoms with E-state index in [1.165, 1.54) is 22.7 Å². The van der Waals surface area contributed by atoms with Crippen molar-refractivity contribution in [3.63, 3.8) is 0 Å². The number of nitrogens with one attached hydrogen (secondary N) is 2. The SMILES string of the molecule is CNC(=S)NCCCP1N(c2ccccc2)c2ccccc2N1c1ccccc1. The van der Waals surface area contributed by atoms with Gasteiger partial charge in [0.15, 0.2) is 5.11 Å². The highest BCUT2D eigenvalue weighted by atomic mass is 32.1. The number of benzene rings is 3. The maximum atomic E-state index is 5.22. The van der Waals surface area contributed by atoms with Crippen LogP contribution in [0.3, 0.4) is 0 Å². The maximum Gasteiger partial charge on any atom is 0.166 e. The normalized spacial score (nSPS) is 13.3. The Bertz CT molecular complexity index is 885. The zero-order valence-electron chi connectivity index (χ0n) is 16.5. The van der Waals surface area contributed by atoms with E-state index in [0.29, 0.717) is 5.11 Å². The number of para-hydroxylation sites is 4. The molecule has 0 saturated heterocycles. The smallest absolute Gasteiger partial charge is 0.166 e. The summed E-state index contributed by atoms with van der Waals surface area (Å²) in [5.74, 6) is 0. The van der Waals surface area contributed by atoms with Gasteiger partial charge in [-0.1, -0.05) is 48.5 Å². The predicted molar refractivity (Wildman–Crippen MR) is 130 cm³/mol. The first-order valence-electron chi connectivity index (χ1n) is 9.82. The van der Waals surface area contributed by atoms with Crippen LogP contribution in [0.4, 0.5) is 22.7 Å². The zero-order chi connectivity index (χ0) is 20.1. The average Bonchev–Trinajstić information content (AvgIpc) is 3.11. The van der Waals surface area contributed by atoms with Gasteiger partial charge < -0.3 is 20.0 Å². The highest BCUT2D eigenvalue weighted by Gasteiger charge is 2.37. The third-order valence-corrected chi connectivity index (χ3v) is 7.73. The van der Waals surface area contributed by atoms with Crippen LogP contribution in [0.2, 0.25) is 0 Å². The third kappa shape index (κ3) is 4.21. The van der Waals surface area contributed by atoms with E-state index in [1.54, 1.807) is 0 Å². The van der Waals surface area contributed by atoms with Gasteiger partial charge in [0.1, 0.15) is 8.22 Å². The fraction of sp³-hybridized carbons (Fsp3) is 0.174. The van der Waals surface area contributed by atoms with Crippen molar-refractivity contribution in [2.75, 3.05) is 29.1 Å². The summed E-state index contributed by atoms with van der Waals surface area (Å²) in [6, 6.07) is 30.1. The van der Waals surface area contributed by atoms with Gasteiger partial charge in [-0.15, -0.1) is 0 Å². The third-order valence-electron chi connectivity index (χ3n) is 4.85. The number of hydrogen-bond donors (Lipinski definition) is 2. The van der Waals surface area contributed by atoms with E-state index in [0.717, 1.165) is 19.1 Å². The molecule has 4 nitrogen and oxygen atoms in total. The van der Waals surface area contributed by atoms with Gasteiger partial charge in [-0.25, -0.2) is 0 Å². The molecule has 0 bridgehead atoms. The molecule has 29 heavy (non-hydrogen) atoms. The van der Waals surface area contributed by atoms with E-state index < -0.39 is 8.22 Å². The fourth-order valence-corrected chi connectivity index (χ4v) is 6.31. The van der Waals surface area contributed by atoms with Crippen LogP contribution in [-0.4, -0.2) is 24.9 Å². The lowest BCUT2D eigenvalue weighted by atomic mass is 10.2. The molecule has 0 atom stereocenters. The molecule has 2 N–H and O–H groups in total. The summed E-state index contributed by atoms with van der Waals surface area (Å²) in [7, 11) is 1.22. The molecule has 148 valence electrons. The fourth-order valence-electron chi connectivity index (χ4n) is 3.55. The molecule has 1 heterocycles. The van der Waals surface area contributed by atoms with Crippen molar-refractivity contribution in [2.45, 2.75) is 6.42 Å². The topological polar surface area (TPSA) is 30.5 Å². The van der Waals surface area contributed by atoms with Crippen molar-refractivity contribution in [3.8, 4) is 0 Å². The minimum absolute atomic E-state index is 0.624. The summed E-state index contributed by atoms with van der Waals surface area (Å²) in [5, 5.41) is 6.96. The van der Waals surface area contributed by atoms with Crippen LogP contribution in [0.25, 0.3) is 0 Å². The number of fused-ring (bicyclic) bond motifs is 1. The number of nitrogens with zero attached hydrogens (tertiary/aromatic N) is 2. The van der Waals surface area contributed by atoms with Crippen molar-refractivity contribution in [1.29, 1.82) is 0 Å². The van der Waals surface area contributed by atoms with Crippen LogP contribution in [0.15, 0.2) is 84.9 Å². The van der Waals surface area contributed by atoms with Crippen molar-refractivity contribution < 1.29 is 0 Å². The molecule has 0 spiro atoms. The largest absolute Gasteiger partial charge is 0.366 e. The molecule has 0 fully saturated rings. The van der Waals surface area contributed by atoms with E-state index in [1.807, 2.05) is 7.05 Å². The highest BCUT2D eigenvalue weighted by molar-refractivity contribution is 7.80. The average molecular weight is 421 g/mol. The summed E-state index contributed by atoms with van der Waals surface area (Å²) in [6.07, 6.45) is 2.10. The van der Waals surface area contributed by atoms with Crippen molar-refractivity contribution in [2.24, 2.45) is 0 Å². The molecule has 3 aromatic rings. The molecule has 3 aromatic carbocycles. The Labute approximate surface area is 179 Å². The summed E-state index contributed by atoms with van der Waals surface area (Å²) in [4.78, 5) is 0. The lowest BCUT2D eigenvalue weighted by molar-refractivity contribution is 0.831. The van der Waals surface area contributed by atoms with Crippen LogP contribution in [0.1, 0.15) is 6.42 Å². The summed E-state index contributed by atoms with van der Waals surface area (Å²) >= 11 is 5.22. The van der Waals surface area contributed by atoms with Crippen LogP contribution in [0.5, 0.6) is 0 Å². The molecular weight excluding hydrogens is 395 g/mol. The molecule has 0 saturated carbocycles. The van der Waals surface area contributed by atoms with Gasteiger partial charge in [0, 0.05) is 31.1 Å². The second kappa shape index (κ2) is 9.25. The Morgan fingerprint density at radius 3 is 1.76 bits per heavy atom. The number of thiocarbonyl (C=S) groups is 1. The minimum Gasteiger partial charge on any atom is -0.366 e. The van der Waals surface area contributed by atoms with E-state index >= 15 is 0 Å². The maximum absolute atomic E-state index is 5.22. The standard InChI is InChI=1S/C23H25N4PS/c1-24-23(29)25-17-10-18-28-26(19-11-4-2-5-12-19)21-15-8-9-16-22(21)27(28)20-13-6-3-7-14-20/h2-9,11-16H,10,17-18H2,1H3,(H2,24,25,29). The van der Waals surface area contributed by atoms with Crippen molar-refractivity contribution in [3.05, 3.63) is 84.9 Å². The van der Waals surface area contributed by atoms with Crippen LogP contribution in [0, 0.1) is 0 Å². The predicted octanol–water partition coefficient (Wildman–Crippen LogP) is 5.77. The van der Waals surface area contributed by atoms with Gasteiger partial charge in [0.25, 0.3) is 0 Å². The number of rotatable bonds is 6. The Balaban J connectivity index is 1.69. The summed E-state index contributed by atoms with van der Waals surface area (Å²) in [6.45, 7) is 0.861. The van der Waals surface area contributed by atoms with Gasteiger partial charge >= 0.3 is 0 Å². The van der Waals surface area contributed by atoms with Gasteiger partial charge in [-0.3, -0.25) is 0 Å². The van der Waals surface area contributed by atoms with E-state index in [2.05, 4.69) is 105 Å². The summed E-state index contributed by atoms with van der Waals surface area (Å²) < 4.78 is 5.04. The number of anilines is 4. The Morgan fingerprint density at radius 1 is 0.793 bits per heavy atom. The van der Waals surface area contributed by atoms with Crippen LogP contribution in [-0.2, 0) is 0 Å². The van der Waals surface area contributed by atoms with E-state index in [9.17, 15) is 0 Å². The minimum atomic E-state index is -0.624. The second-order valence-electron chi connectivity index (χ2n) is 6.74. The zero-order valence-corrected chi connectivity index (χ0v) is 18.2. The molecule has 0 aliphatic carbocycles. The lowest BCUT2D eigenvalue weighted by Crippen LogP contribution is -2.33. The molecule has 1 aliphatic heterocycles. The van der Waals surface area contributed by atoms with Crippen LogP contribution >= 0.6 is 20.4 Å². The lowest BCUT2D eigenvalue weighted by Gasteiger charge is -2.32. The van der Waals surface area contributed by atoms with Gasteiger partial charge in [-0.2, -0.15) is 0 Å². The molecule has 0 aromatic heterocycles. The van der Waals surface area contributed by atoms with Gasteiger partial charge in [0.2, 0.25) is 0 Å². The molecule has 4 rings (SSSR count). The van der Waals surface area contributed by atoms with Crippen LogP contribution < -0.4 is 20.0 Å². The first kappa shape index (κ1) is 19.7. The molecule has 1 aliphatic rings. The monoisotopic (exact) mass is 420 g/mol. The second-order valence-corrected chi connectivity index (χ2v) is 9.14. The first-order valence-corrected chi connectivity index (χ1v) is 11.7. The molecule has 0 amide bonds. The highest BCUT2D eigenvalue weighted by Crippen LogP contribution is 2.65. The Morgan fingerprint density at radius 2 is 1.28 bits per heavy atom. The summed E-state index contributed by atoms with van der Waals surface area (Å²) in [5.41, 5.74) is 5.02. The molecule has 6 heteroatoms. The van der Waals surface area contributed by atoms with Gasteiger partial charge in [-0.05, 0) is 55.0 Å². The van der Waals surface area contributed by atoms with Crippen molar-refractivity contribution >= 4 is 48.3 Å². The van der Waals surface area contributed by atoms with Gasteiger partial charge in [0.05, 0.1) is 11.4 Å². The quantitative estimate of drug-likeness (QED) is 0.300. The Kier molecular flexibility index (Phi) is 6.28. The molecule has 0 unspecified atom stereocenters. The molecular formula is C23H25N4PS. The van der Waals surface area contributed by atoms with Crippen molar-refractivity contribution in [1.82, 2.24) is 10.6 Å². The van der Waals surface area contributed by atoms with E-state index in [-0.39, 0.29) is 0 Å².